The van der Waals surface area contributed by atoms with Gasteiger partial charge in [-0.15, -0.1) is 0 Å². The molecule has 0 aliphatic rings. The molecule has 0 saturated heterocycles. The molecule has 6 nitrogen and oxygen atoms in total. The topological polar surface area (TPSA) is 78.9 Å². The summed E-state index contributed by atoms with van der Waals surface area (Å²) in [4.78, 5) is 24.2. The van der Waals surface area contributed by atoms with Crippen LogP contribution in [0.2, 0.25) is 0 Å². The summed E-state index contributed by atoms with van der Waals surface area (Å²) in [5, 5.41) is 11.6. The third-order valence-electron chi connectivity index (χ3n) is 2.43. The molecule has 106 valence electrons. The molecule has 0 spiro atoms. The lowest BCUT2D eigenvalue weighted by Gasteiger charge is -2.33. The first-order valence-electron chi connectivity index (χ1n) is 5.92. The van der Waals surface area contributed by atoms with Crippen molar-refractivity contribution in [1.82, 2.24) is 10.2 Å². The highest BCUT2D eigenvalue weighted by Crippen LogP contribution is 2.12. The van der Waals surface area contributed by atoms with Gasteiger partial charge in [0.2, 0.25) is 5.91 Å². The zero-order valence-corrected chi connectivity index (χ0v) is 11.8. The van der Waals surface area contributed by atoms with Crippen LogP contribution >= 0.6 is 0 Å². The Morgan fingerprint density at radius 2 is 1.89 bits per heavy atom. The summed E-state index contributed by atoms with van der Waals surface area (Å²) >= 11 is 0. The number of carboxylic acids is 1. The van der Waals surface area contributed by atoms with E-state index in [2.05, 4.69) is 5.32 Å². The molecule has 0 radical (unpaired) electrons. The Hall–Kier alpha value is -1.14. The van der Waals surface area contributed by atoms with Crippen LogP contribution < -0.4 is 5.32 Å². The van der Waals surface area contributed by atoms with Crippen LogP contribution in [0.3, 0.4) is 0 Å². The maximum Gasteiger partial charge on any atom is 0.317 e. The van der Waals surface area contributed by atoms with Crippen LogP contribution in [0.25, 0.3) is 0 Å². The first-order valence-corrected chi connectivity index (χ1v) is 5.92. The van der Waals surface area contributed by atoms with E-state index in [-0.39, 0.29) is 30.6 Å². The number of amides is 1. The van der Waals surface area contributed by atoms with Gasteiger partial charge in [0.15, 0.2) is 0 Å². The quantitative estimate of drug-likeness (QED) is 0.689. The Balaban J connectivity index is 4.40. The van der Waals surface area contributed by atoms with Gasteiger partial charge in [-0.1, -0.05) is 0 Å². The molecule has 0 fully saturated rings. The van der Waals surface area contributed by atoms with Crippen LogP contribution in [0.5, 0.6) is 0 Å². The zero-order chi connectivity index (χ0) is 14.3. The van der Waals surface area contributed by atoms with Crippen LogP contribution in [0.15, 0.2) is 0 Å². The average Bonchev–Trinajstić information content (AvgIpc) is 2.14. The third kappa shape index (κ3) is 7.24. The number of carboxylic acid groups (broad SMARTS) is 1. The molecule has 0 rings (SSSR count). The van der Waals surface area contributed by atoms with Gasteiger partial charge in [0, 0.05) is 18.7 Å². The fourth-order valence-electron chi connectivity index (χ4n) is 1.48. The lowest BCUT2D eigenvalue weighted by Crippen LogP contribution is -2.50. The normalized spacial score (nSPS) is 13.4. The van der Waals surface area contributed by atoms with E-state index < -0.39 is 5.97 Å². The van der Waals surface area contributed by atoms with E-state index in [0.717, 1.165) is 0 Å². The van der Waals surface area contributed by atoms with Crippen molar-refractivity contribution in [3.63, 3.8) is 0 Å². The zero-order valence-electron chi connectivity index (χ0n) is 11.8. The third-order valence-corrected chi connectivity index (χ3v) is 2.43. The Kier molecular flexibility index (Phi) is 6.86. The van der Waals surface area contributed by atoms with Crippen LogP contribution in [-0.4, -0.2) is 60.3 Å². The van der Waals surface area contributed by atoms with Crippen molar-refractivity contribution in [2.75, 3.05) is 26.8 Å². The number of hydrogen-bond donors (Lipinski definition) is 2. The smallest absolute Gasteiger partial charge is 0.317 e. The average molecular weight is 260 g/mol. The van der Waals surface area contributed by atoms with Crippen molar-refractivity contribution in [3.8, 4) is 0 Å². The molecule has 1 atom stereocenters. The van der Waals surface area contributed by atoms with Crippen LogP contribution in [0, 0.1) is 0 Å². The van der Waals surface area contributed by atoms with Crippen molar-refractivity contribution in [3.05, 3.63) is 0 Å². The molecule has 18 heavy (non-hydrogen) atoms. The minimum Gasteiger partial charge on any atom is -0.480 e. The molecule has 6 heteroatoms. The molecule has 0 heterocycles. The van der Waals surface area contributed by atoms with Crippen molar-refractivity contribution < 1.29 is 19.4 Å². The van der Waals surface area contributed by atoms with Crippen LogP contribution in [-0.2, 0) is 14.3 Å². The van der Waals surface area contributed by atoms with E-state index in [9.17, 15) is 9.59 Å². The van der Waals surface area contributed by atoms with Gasteiger partial charge < -0.3 is 15.2 Å². The monoisotopic (exact) mass is 260 g/mol. The van der Waals surface area contributed by atoms with Crippen molar-refractivity contribution in [1.29, 1.82) is 0 Å². The molecule has 0 aliphatic carbocycles. The van der Waals surface area contributed by atoms with E-state index in [1.807, 2.05) is 27.7 Å². The predicted molar refractivity (Wildman–Crippen MR) is 68.4 cm³/mol. The number of nitrogens with one attached hydrogen (secondary N) is 1. The minimum absolute atomic E-state index is 0.0594. The van der Waals surface area contributed by atoms with E-state index in [4.69, 9.17) is 9.84 Å². The second-order valence-electron chi connectivity index (χ2n) is 5.34. The Bertz CT molecular complexity index is 286. The summed E-state index contributed by atoms with van der Waals surface area (Å²) in [6.07, 6.45) is 0. The molecule has 2 N–H and O–H groups in total. The number of ether oxygens (including phenoxy) is 1. The summed E-state index contributed by atoms with van der Waals surface area (Å²) < 4.78 is 4.92. The molecule has 0 aromatic heterocycles. The van der Waals surface area contributed by atoms with E-state index >= 15 is 0 Å². The van der Waals surface area contributed by atoms with E-state index in [1.54, 1.807) is 12.0 Å². The van der Waals surface area contributed by atoms with Gasteiger partial charge in [0.25, 0.3) is 0 Å². The van der Waals surface area contributed by atoms with Gasteiger partial charge in [-0.3, -0.25) is 14.5 Å². The summed E-state index contributed by atoms with van der Waals surface area (Å²) in [6, 6.07) is -0.0888. The Morgan fingerprint density at radius 3 is 2.28 bits per heavy atom. The summed E-state index contributed by atoms with van der Waals surface area (Å²) in [5.41, 5.74) is -0.375. The number of methoxy groups -OCH3 is 1. The molecular weight excluding hydrogens is 236 g/mol. The Labute approximate surface area is 108 Å². The standard InChI is InChI=1S/C12H24N2O4/c1-9(8-18-5)13-10(15)6-14(7-11(16)17)12(2,3)4/h9H,6-8H2,1-5H3,(H,13,15)(H,16,17). The molecular formula is C12H24N2O4. The van der Waals surface area contributed by atoms with E-state index in [1.165, 1.54) is 0 Å². The van der Waals surface area contributed by atoms with Crippen LogP contribution in [0.1, 0.15) is 27.7 Å². The maximum absolute atomic E-state index is 11.8. The second kappa shape index (κ2) is 7.33. The maximum atomic E-state index is 11.8. The first kappa shape index (κ1) is 16.9. The second-order valence-corrected chi connectivity index (χ2v) is 5.34. The summed E-state index contributed by atoms with van der Waals surface area (Å²) in [5.74, 6) is -1.14. The van der Waals surface area contributed by atoms with Gasteiger partial charge in [-0.2, -0.15) is 0 Å². The predicted octanol–water partition coefficient (Wildman–Crippen LogP) is 0.323. The SMILES string of the molecule is COCC(C)NC(=O)CN(CC(=O)O)C(C)(C)C. The van der Waals surface area contributed by atoms with Gasteiger partial charge in [-0.25, -0.2) is 0 Å². The molecule has 0 aromatic carbocycles. The molecule has 0 saturated carbocycles. The molecule has 0 aromatic rings. The summed E-state index contributed by atoms with van der Waals surface area (Å²) in [7, 11) is 1.56. The van der Waals surface area contributed by atoms with Gasteiger partial charge >= 0.3 is 5.97 Å². The number of carbonyl (C=O) groups is 2. The van der Waals surface area contributed by atoms with E-state index in [0.29, 0.717) is 6.61 Å². The van der Waals surface area contributed by atoms with Gasteiger partial charge in [0.05, 0.1) is 19.7 Å². The highest BCUT2D eigenvalue weighted by atomic mass is 16.5. The van der Waals surface area contributed by atoms with Crippen molar-refractivity contribution in [2.24, 2.45) is 0 Å². The molecule has 0 aliphatic heterocycles. The molecule has 1 unspecified atom stereocenters. The molecule has 0 bridgehead atoms. The van der Waals surface area contributed by atoms with Gasteiger partial charge in [-0.05, 0) is 27.7 Å². The minimum atomic E-state index is -0.942. The number of hydrogen-bond acceptors (Lipinski definition) is 4. The van der Waals surface area contributed by atoms with Crippen LogP contribution in [0.4, 0.5) is 0 Å². The number of rotatable bonds is 7. The highest BCUT2D eigenvalue weighted by molar-refractivity contribution is 5.79. The Morgan fingerprint density at radius 1 is 1.33 bits per heavy atom. The fraction of sp³-hybridized carbons (Fsp3) is 0.833. The molecule has 1 amide bonds. The number of aliphatic carboxylic acids is 1. The fourth-order valence-corrected chi connectivity index (χ4v) is 1.48. The largest absolute Gasteiger partial charge is 0.480 e. The first-order chi connectivity index (χ1) is 8.16. The number of nitrogens with zero attached hydrogens (tertiary/aromatic N) is 1. The van der Waals surface area contributed by atoms with Crippen molar-refractivity contribution >= 4 is 11.9 Å². The summed E-state index contributed by atoms with van der Waals surface area (Å²) in [6.45, 7) is 7.80. The van der Waals surface area contributed by atoms with Crippen molar-refractivity contribution in [2.45, 2.75) is 39.3 Å². The number of carbonyl (C=O) groups excluding carboxylic acids is 1. The highest BCUT2D eigenvalue weighted by Gasteiger charge is 2.25. The lowest BCUT2D eigenvalue weighted by molar-refractivity contribution is -0.140. The lowest BCUT2D eigenvalue weighted by atomic mass is 10.1. The van der Waals surface area contributed by atoms with Gasteiger partial charge in [0.1, 0.15) is 0 Å².